The zero-order valence-corrected chi connectivity index (χ0v) is 11.2. The fourth-order valence-corrected chi connectivity index (χ4v) is 2.49. The fraction of sp³-hybridized carbons (Fsp3) is 0.462. The molecule has 1 aromatic rings. The molecule has 104 valence electrons. The molecule has 1 aromatic carbocycles. The maximum Gasteiger partial charge on any atom is 0.238 e. The molecule has 0 bridgehead atoms. The van der Waals surface area contributed by atoms with Gasteiger partial charge in [-0.1, -0.05) is 11.6 Å². The normalized spacial score (nSPS) is 19.6. The summed E-state index contributed by atoms with van der Waals surface area (Å²) in [6, 6.07) is 3.88. The summed E-state index contributed by atoms with van der Waals surface area (Å²) < 4.78 is 12.9. The van der Waals surface area contributed by atoms with Crippen LogP contribution in [0.25, 0.3) is 0 Å². The van der Waals surface area contributed by atoms with E-state index in [1.165, 1.54) is 12.1 Å². The smallest absolute Gasteiger partial charge is 0.238 e. The average molecular weight is 287 g/mol. The number of aliphatic hydroxyl groups is 1. The Kier molecular flexibility index (Phi) is 4.74. The molecule has 0 spiro atoms. The summed E-state index contributed by atoms with van der Waals surface area (Å²) >= 11 is 5.84. The molecule has 0 aliphatic carbocycles. The van der Waals surface area contributed by atoms with Gasteiger partial charge in [-0.25, -0.2) is 4.39 Å². The van der Waals surface area contributed by atoms with E-state index >= 15 is 0 Å². The Labute approximate surface area is 116 Å². The molecule has 1 unspecified atom stereocenters. The van der Waals surface area contributed by atoms with Crippen LogP contribution in [0, 0.1) is 5.82 Å². The molecule has 1 aliphatic heterocycles. The molecular formula is C13H16ClFN2O2. The van der Waals surface area contributed by atoms with Crippen molar-refractivity contribution >= 4 is 23.2 Å². The zero-order valence-electron chi connectivity index (χ0n) is 10.4. The second kappa shape index (κ2) is 6.32. The van der Waals surface area contributed by atoms with Crippen LogP contribution in [-0.4, -0.2) is 41.7 Å². The first-order chi connectivity index (χ1) is 9.10. The van der Waals surface area contributed by atoms with Gasteiger partial charge in [0.15, 0.2) is 0 Å². The molecule has 6 heteroatoms. The third kappa shape index (κ3) is 3.65. The Bertz CT molecular complexity index is 470. The Hall–Kier alpha value is -1.17. The third-order valence-corrected chi connectivity index (χ3v) is 3.57. The predicted octanol–water partition coefficient (Wildman–Crippen LogP) is 1.87. The summed E-state index contributed by atoms with van der Waals surface area (Å²) in [5.74, 6) is -0.656. The number of likely N-dealkylation sites (tertiary alicyclic amines) is 1. The van der Waals surface area contributed by atoms with E-state index in [1.54, 1.807) is 0 Å². The van der Waals surface area contributed by atoms with Crippen LogP contribution >= 0.6 is 11.6 Å². The van der Waals surface area contributed by atoms with Crippen molar-refractivity contribution in [2.24, 2.45) is 0 Å². The number of carbonyl (C=O) groups excluding carboxylic acids is 1. The predicted molar refractivity (Wildman–Crippen MR) is 71.7 cm³/mol. The van der Waals surface area contributed by atoms with Gasteiger partial charge in [0.05, 0.1) is 23.9 Å². The topological polar surface area (TPSA) is 52.6 Å². The number of hydrogen-bond acceptors (Lipinski definition) is 3. The molecule has 2 N–H and O–H groups in total. The molecule has 0 saturated carbocycles. The Morgan fingerprint density at radius 2 is 2.37 bits per heavy atom. The number of aliphatic hydroxyl groups excluding tert-OH is 1. The van der Waals surface area contributed by atoms with Crippen LogP contribution in [0.2, 0.25) is 5.02 Å². The van der Waals surface area contributed by atoms with E-state index in [-0.39, 0.29) is 30.1 Å². The van der Waals surface area contributed by atoms with E-state index in [9.17, 15) is 14.3 Å². The van der Waals surface area contributed by atoms with Crippen molar-refractivity contribution < 1.29 is 14.3 Å². The molecule has 0 aromatic heterocycles. The lowest BCUT2D eigenvalue weighted by molar-refractivity contribution is -0.117. The van der Waals surface area contributed by atoms with E-state index in [4.69, 9.17) is 11.6 Å². The van der Waals surface area contributed by atoms with Crippen molar-refractivity contribution in [2.45, 2.75) is 18.9 Å². The number of benzene rings is 1. The van der Waals surface area contributed by atoms with Crippen molar-refractivity contribution in [3.63, 3.8) is 0 Å². The van der Waals surface area contributed by atoms with Crippen molar-refractivity contribution in [1.82, 2.24) is 4.90 Å². The van der Waals surface area contributed by atoms with Gasteiger partial charge in [0, 0.05) is 6.04 Å². The largest absolute Gasteiger partial charge is 0.395 e. The summed E-state index contributed by atoms with van der Waals surface area (Å²) in [7, 11) is 0. The minimum absolute atomic E-state index is 0.0504. The van der Waals surface area contributed by atoms with Crippen LogP contribution < -0.4 is 5.32 Å². The van der Waals surface area contributed by atoms with Crippen molar-refractivity contribution in [2.75, 3.05) is 25.0 Å². The highest BCUT2D eigenvalue weighted by Gasteiger charge is 2.25. The molecule has 1 aliphatic rings. The van der Waals surface area contributed by atoms with E-state index < -0.39 is 5.82 Å². The average Bonchev–Trinajstić information content (AvgIpc) is 2.80. The van der Waals surface area contributed by atoms with Gasteiger partial charge in [0.2, 0.25) is 5.91 Å². The third-order valence-electron chi connectivity index (χ3n) is 3.26. The van der Waals surface area contributed by atoms with Crippen LogP contribution in [-0.2, 0) is 4.79 Å². The molecular weight excluding hydrogens is 271 g/mol. The molecule has 1 saturated heterocycles. The highest BCUT2D eigenvalue weighted by molar-refractivity contribution is 6.33. The minimum Gasteiger partial charge on any atom is -0.395 e. The van der Waals surface area contributed by atoms with Crippen LogP contribution in [0.15, 0.2) is 18.2 Å². The first kappa shape index (κ1) is 14.2. The summed E-state index contributed by atoms with van der Waals surface area (Å²) in [5.41, 5.74) is 0.396. The summed E-state index contributed by atoms with van der Waals surface area (Å²) in [6.07, 6.45) is 1.89. The second-order valence-corrected chi connectivity index (χ2v) is 5.03. The fourth-order valence-electron chi connectivity index (χ4n) is 2.28. The number of nitrogens with one attached hydrogen (secondary N) is 1. The number of hydrogen-bond donors (Lipinski definition) is 2. The lowest BCUT2D eigenvalue weighted by atomic mass is 10.2. The van der Waals surface area contributed by atoms with Gasteiger partial charge in [0.25, 0.3) is 0 Å². The Morgan fingerprint density at radius 3 is 3.05 bits per heavy atom. The van der Waals surface area contributed by atoms with Gasteiger partial charge in [-0.05, 0) is 37.6 Å². The Morgan fingerprint density at radius 1 is 1.58 bits per heavy atom. The summed E-state index contributed by atoms with van der Waals surface area (Å²) in [5, 5.41) is 12.0. The van der Waals surface area contributed by atoms with E-state index in [0.717, 1.165) is 25.5 Å². The highest BCUT2D eigenvalue weighted by atomic mass is 35.5. The Balaban J connectivity index is 1.94. The molecule has 4 nitrogen and oxygen atoms in total. The van der Waals surface area contributed by atoms with Gasteiger partial charge in [-0.3, -0.25) is 9.69 Å². The molecule has 1 fully saturated rings. The molecule has 1 heterocycles. The molecule has 0 radical (unpaired) electrons. The lowest BCUT2D eigenvalue weighted by Crippen LogP contribution is -2.38. The number of halogens is 2. The molecule has 1 amide bonds. The van der Waals surface area contributed by atoms with Crippen molar-refractivity contribution in [3.05, 3.63) is 29.0 Å². The quantitative estimate of drug-likeness (QED) is 0.888. The summed E-state index contributed by atoms with van der Waals surface area (Å²) in [6.45, 7) is 1.07. The monoisotopic (exact) mass is 286 g/mol. The number of carbonyl (C=O) groups is 1. The van der Waals surface area contributed by atoms with E-state index in [0.29, 0.717) is 5.69 Å². The number of amides is 1. The van der Waals surface area contributed by atoms with Crippen LogP contribution in [0.5, 0.6) is 0 Å². The minimum atomic E-state index is -0.442. The maximum atomic E-state index is 12.9. The van der Waals surface area contributed by atoms with Gasteiger partial charge < -0.3 is 10.4 Å². The zero-order chi connectivity index (χ0) is 13.8. The van der Waals surface area contributed by atoms with Crippen LogP contribution in [0.4, 0.5) is 10.1 Å². The molecule has 2 rings (SSSR count). The lowest BCUT2D eigenvalue weighted by Gasteiger charge is -2.21. The molecule has 1 atom stereocenters. The highest BCUT2D eigenvalue weighted by Crippen LogP contribution is 2.23. The van der Waals surface area contributed by atoms with E-state index in [1.807, 2.05) is 4.90 Å². The van der Waals surface area contributed by atoms with Gasteiger partial charge in [-0.15, -0.1) is 0 Å². The van der Waals surface area contributed by atoms with Crippen LogP contribution in [0.3, 0.4) is 0 Å². The van der Waals surface area contributed by atoms with Crippen molar-refractivity contribution in [1.29, 1.82) is 0 Å². The molecule has 19 heavy (non-hydrogen) atoms. The van der Waals surface area contributed by atoms with Gasteiger partial charge in [-0.2, -0.15) is 0 Å². The number of rotatable bonds is 4. The van der Waals surface area contributed by atoms with E-state index in [2.05, 4.69) is 5.32 Å². The second-order valence-electron chi connectivity index (χ2n) is 4.62. The number of nitrogens with zero attached hydrogens (tertiary/aromatic N) is 1. The maximum absolute atomic E-state index is 12.9. The first-order valence-corrected chi connectivity index (χ1v) is 6.58. The van der Waals surface area contributed by atoms with Crippen LogP contribution in [0.1, 0.15) is 12.8 Å². The number of anilines is 1. The standard InChI is InChI=1S/C13H16ClFN2O2/c14-11-6-9(15)3-4-12(11)16-13(19)7-17-5-1-2-10(17)8-18/h3-4,6,10,18H,1-2,5,7-8H2,(H,16,19). The van der Waals surface area contributed by atoms with Crippen molar-refractivity contribution in [3.8, 4) is 0 Å². The van der Waals surface area contributed by atoms with Gasteiger partial charge >= 0.3 is 0 Å². The first-order valence-electron chi connectivity index (χ1n) is 6.20. The summed E-state index contributed by atoms with van der Waals surface area (Å²) in [4.78, 5) is 13.8. The van der Waals surface area contributed by atoms with Gasteiger partial charge in [0.1, 0.15) is 5.82 Å². The SMILES string of the molecule is O=C(CN1CCCC1CO)Nc1ccc(F)cc1Cl.